The van der Waals surface area contributed by atoms with Crippen LogP contribution in [0.15, 0.2) is 97.2 Å². The second kappa shape index (κ2) is 57.1. The molecular weight excluding hydrogens is 960 g/mol. The van der Waals surface area contributed by atoms with Gasteiger partial charge in [-0.15, -0.1) is 0 Å². The summed E-state index contributed by atoms with van der Waals surface area (Å²) in [5.41, 5.74) is 0. The van der Waals surface area contributed by atoms with Crippen LogP contribution < -0.4 is 5.32 Å². The molecule has 0 aliphatic heterocycles. The Balaban J connectivity index is 3.93. The monoisotopic (exact) mass is 1080 g/mol. The Kier molecular flexibility index (Phi) is 55.2. The van der Waals surface area contributed by atoms with Crippen LogP contribution in [0.5, 0.6) is 0 Å². The van der Waals surface area contributed by atoms with E-state index in [-0.39, 0.29) is 19.1 Å². The molecule has 0 aromatic rings. The summed E-state index contributed by atoms with van der Waals surface area (Å²) in [5.74, 6) is -0.177. The van der Waals surface area contributed by atoms with Crippen molar-refractivity contribution >= 4 is 13.7 Å². The third-order valence-corrected chi connectivity index (χ3v) is 14.8. The van der Waals surface area contributed by atoms with Crippen molar-refractivity contribution in [2.24, 2.45) is 0 Å². The van der Waals surface area contributed by atoms with Crippen LogP contribution in [-0.2, 0) is 18.4 Å². The number of nitrogens with one attached hydrogen (secondary N) is 1. The lowest BCUT2D eigenvalue weighted by atomic mass is 10.0. The minimum absolute atomic E-state index is 0.0602. The van der Waals surface area contributed by atoms with Crippen molar-refractivity contribution in [2.75, 3.05) is 40.9 Å². The summed E-state index contributed by atoms with van der Waals surface area (Å²) in [6, 6.07) is -0.848. The smallest absolute Gasteiger partial charge is 0.387 e. The molecule has 0 spiro atoms. The van der Waals surface area contributed by atoms with Crippen LogP contribution in [0.1, 0.15) is 271 Å². The van der Waals surface area contributed by atoms with E-state index in [1.165, 1.54) is 167 Å². The first-order chi connectivity index (χ1) is 37.0. The number of amides is 1. The van der Waals surface area contributed by atoms with Crippen molar-refractivity contribution in [3.8, 4) is 0 Å². The molecule has 0 aliphatic carbocycles. The number of likely N-dealkylation sites (N-methyl/N-ethyl adjacent to an activating group) is 1. The van der Waals surface area contributed by atoms with Gasteiger partial charge in [-0.05, 0) is 77.0 Å². The summed E-state index contributed by atoms with van der Waals surface area (Å²) in [4.78, 5) is 23.3. The lowest BCUT2D eigenvalue weighted by Gasteiger charge is -2.25. The number of unbranched alkanes of at least 4 members (excludes halogenated alkanes) is 30. The standard InChI is InChI=1S/C67H121N2O6P/c1-6-8-10-12-14-16-18-20-21-22-23-24-25-26-27-28-29-30-31-32-33-34-35-36-37-38-39-40-41-42-43-44-45-46-47-49-51-53-55-57-59-61-67(71)68-65(64-75-76(72,73)74-63-62-69(3,4)5)66(70)60-58-56-54-52-50-48-19-17-15-13-11-9-7-2/h8,10,14,16,20-21,23-24,26-27,29-30,32-33,58,60,65-66,70H,6-7,9,11-13,15,17-19,22,25,28,31,34-57,59,61-64H2,1-5H3,(H-,68,71,72,73)/p+1/b10-8-,16-14-,21-20-,24-23-,27-26-,30-29-,33-32-,60-58+. The van der Waals surface area contributed by atoms with Gasteiger partial charge in [0.2, 0.25) is 5.91 Å². The number of hydrogen-bond acceptors (Lipinski definition) is 5. The van der Waals surface area contributed by atoms with E-state index in [2.05, 4.69) is 104 Å². The molecule has 0 aromatic carbocycles. The van der Waals surface area contributed by atoms with Crippen molar-refractivity contribution in [1.82, 2.24) is 5.32 Å². The molecule has 0 fully saturated rings. The van der Waals surface area contributed by atoms with Gasteiger partial charge in [0.25, 0.3) is 0 Å². The largest absolute Gasteiger partial charge is 0.472 e. The minimum atomic E-state index is -4.35. The van der Waals surface area contributed by atoms with Crippen LogP contribution in [0.3, 0.4) is 0 Å². The molecule has 3 atom stereocenters. The highest BCUT2D eigenvalue weighted by molar-refractivity contribution is 7.47. The molecule has 0 radical (unpaired) electrons. The third-order valence-electron chi connectivity index (χ3n) is 13.8. The van der Waals surface area contributed by atoms with E-state index in [9.17, 15) is 19.4 Å². The van der Waals surface area contributed by atoms with Gasteiger partial charge < -0.3 is 19.8 Å². The molecule has 0 saturated heterocycles. The zero-order valence-electron chi connectivity index (χ0n) is 50.2. The summed E-state index contributed by atoms with van der Waals surface area (Å²) < 4.78 is 23.7. The lowest BCUT2D eigenvalue weighted by molar-refractivity contribution is -0.870. The highest BCUT2D eigenvalue weighted by Gasteiger charge is 2.27. The predicted octanol–water partition coefficient (Wildman–Crippen LogP) is 19.8. The van der Waals surface area contributed by atoms with Gasteiger partial charge in [-0.1, -0.05) is 284 Å². The minimum Gasteiger partial charge on any atom is -0.387 e. The molecule has 0 rings (SSSR count). The molecule has 3 unspecified atom stereocenters. The molecule has 440 valence electrons. The summed E-state index contributed by atoms with van der Waals surface area (Å²) in [5, 5.41) is 13.9. The van der Waals surface area contributed by atoms with Gasteiger partial charge in [0, 0.05) is 6.42 Å². The Hall–Kier alpha value is -2.58. The Labute approximate surface area is 470 Å². The predicted molar refractivity (Wildman–Crippen MR) is 332 cm³/mol. The van der Waals surface area contributed by atoms with E-state index in [0.717, 1.165) is 83.5 Å². The number of carbonyl (C=O) groups is 1. The van der Waals surface area contributed by atoms with Crippen molar-refractivity contribution in [3.63, 3.8) is 0 Å². The van der Waals surface area contributed by atoms with Gasteiger partial charge in [0.05, 0.1) is 39.9 Å². The summed E-state index contributed by atoms with van der Waals surface area (Å²) in [7, 11) is 1.57. The molecule has 8 nitrogen and oxygen atoms in total. The van der Waals surface area contributed by atoms with Gasteiger partial charge in [-0.25, -0.2) is 4.57 Å². The number of rotatable bonds is 57. The van der Waals surface area contributed by atoms with E-state index in [0.29, 0.717) is 17.4 Å². The zero-order valence-corrected chi connectivity index (χ0v) is 51.1. The summed E-state index contributed by atoms with van der Waals surface area (Å²) in [6.45, 7) is 4.70. The maximum atomic E-state index is 13.0. The van der Waals surface area contributed by atoms with Crippen LogP contribution in [-0.4, -0.2) is 73.4 Å². The van der Waals surface area contributed by atoms with Gasteiger partial charge in [0.15, 0.2) is 0 Å². The Bertz CT molecular complexity index is 1560. The first kappa shape index (κ1) is 73.4. The molecule has 0 aromatic heterocycles. The summed E-state index contributed by atoms with van der Waals surface area (Å²) in [6.07, 6.45) is 82.5. The molecule has 0 bridgehead atoms. The maximum Gasteiger partial charge on any atom is 0.472 e. The molecule has 0 heterocycles. The van der Waals surface area contributed by atoms with Gasteiger partial charge in [-0.2, -0.15) is 0 Å². The van der Waals surface area contributed by atoms with Crippen LogP contribution >= 0.6 is 7.82 Å². The molecular formula is C67H122N2O6P+. The maximum absolute atomic E-state index is 13.0. The average Bonchev–Trinajstić information content (AvgIpc) is 3.38. The SMILES string of the molecule is CC/C=C\C/C=C\C/C=C\C/C=C\C/C=C\C/C=C\C/C=C\CCCCCCCCCCCCCCCCCCCCCC(=O)NC(COP(=O)(O)OCC[N+](C)(C)C)C(O)/C=C/CCCCCCCCCCCCC. The zero-order chi connectivity index (χ0) is 55.6. The first-order valence-electron chi connectivity index (χ1n) is 31.6. The van der Waals surface area contributed by atoms with E-state index in [4.69, 9.17) is 9.05 Å². The molecule has 0 saturated carbocycles. The molecule has 9 heteroatoms. The normalized spacial score (nSPS) is 14.5. The molecule has 0 aliphatic rings. The van der Waals surface area contributed by atoms with Crippen LogP contribution in [0.2, 0.25) is 0 Å². The van der Waals surface area contributed by atoms with Gasteiger partial charge >= 0.3 is 7.82 Å². The number of hydrogen-bond donors (Lipinski definition) is 3. The van der Waals surface area contributed by atoms with E-state index in [1.54, 1.807) is 6.08 Å². The Morgan fingerprint density at radius 1 is 0.461 bits per heavy atom. The third kappa shape index (κ3) is 59.1. The number of aliphatic hydroxyl groups excluding tert-OH is 1. The number of phosphoric ester groups is 1. The first-order valence-corrected chi connectivity index (χ1v) is 33.1. The van der Waals surface area contributed by atoms with Crippen molar-refractivity contribution in [1.29, 1.82) is 0 Å². The number of nitrogens with zero attached hydrogens (tertiary/aromatic N) is 1. The lowest BCUT2D eigenvalue weighted by Crippen LogP contribution is -2.45. The number of phosphoric acid groups is 1. The Morgan fingerprint density at radius 3 is 1.16 bits per heavy atom. The number of allylic oxidation sites excluding steroid dienone is 15. The topological polar surface area (TPSA) is 105 Å². The van der Waals surface area contributed by atoms with Crippen LogP contribution in [0.4, 0.5) is 0 Å². The number of carbonyl (C=O) groups excluding carboxylic acids is 1. The fourth-order valence-electron chi connectivity index (χ4n) is 8.91. The van der Waals surface area contributed by atoms with E-state index >= 15 is 0 Å². The van der Waals surface area contributed by atoms with Crippen molar-refractivity contribution in [3.05, 3.63) is 97.2 Å². The quantitative estimate of drug-likeness (QED) is 0.0243. The van der Waals surface area contributed by atoms with Crippen molar-refractivity contribution < 1.29 is 32.9 Å². The number of aliphatic hydroxyl groups is 1. The van der Waals surface area contributed by atoms with Crippen LogP contribution in [0.25, 0.3) is 0 Å². The summed E-state index contributed by atoms with van der Waals surface area (Å²) >= 11 is 0. The second-order valence-electron chi connectivity index (χ2n) is 22.4. The molecule has 1 amide bonds. The second-order valence-corrected chi connectivity index (χ2v) is 23.9. The fourth-order valence-corrected chi connectivity index (χ4v) is 9.64. The van der Waals surface area contributed by atoms with Gasteiger partial charge in [0.1, 0.15) is 13.2 Å². The highest BCUT2D eigenvalue weighted by atomic mass is 31.2. The van der Waals surface area contributed by atoms with Gasteiger partial charge in [-0.3, -0.25) is 13.8 Å². The molecule has 76 heavy (non-hydrogen) atoms. The Morgan fingerprint density at radius 2 is 0.789 bits per heavy atom. The van der Waals surface area contributed by atoms with Crippen LogP contribution in [0, 0.1) is 0 Å². The average molecular weight is 1080 g/mol. The molecule has 3 N–H and O–H groups in total. The fraction of sp³-hybridized carbons (Fsp3) is 0.746. The highest BCUT2D eigenvalue weighted by Crippen LogP contribution is 2.43. The van der Waals surface area contributed by atoms with Crippen molar-refractivity contribution in [2.45, 2.75) is 283 Å². The number of quaternary nitrogens is 1. The van der Waals surface area contributed by atoms with E-state index < -0.39 is 20.0 Å². The van der Waals surface area contributed by atoms with E-state index in [1.807, 2.05) is 27.2 Å².